The van der Waals surface area contributed by atoms with Gasteiger partial charge in [0.1, 0.15) is 0 Å². The van der Waals surface area contributed by atoms with Crippen molar-refractivity contribution in [1.29, 1.82) is 0 Å². The van der Waals surface area contributed by atoms with E-state index in [0.29, 0.717) is 0 Å². The van der Waals surface area contributed by atoms with Gasteiger partial charge in [-0.2, -0.15) is 48.5 Å². The van der Waals surface area contributed by atoms with Crippen LogP contribution in [0.15, 0.2) is 36.4 Å². The maximum Gasteiger partial charge on any atom is 0 e. The van der Waals surface area contributed by atoms with E-state index in [9.17, 15) is 0 Å². The zero-order valence-electron chi connectivity index (χ0n) is 9.04. The van der Waals surface area contributed by atoms with Gasteiger partial charge in [-0.3, -0.25) is 0 Å². The van der Waals surface area contributed by atoms with Crippen molar-refractivity contribution < 1.29 is 32.7 Å². The second kappa shape index (κ2) is 5.58. The van der Waals surface area contributed by atoms with E-state index >= 15 is 0 Å². The molecule has 0 bridgehead atoms. The van der Waals surface area contributed by atoms with E-state index in [1.165, 1.54) is 11.1 Å². The number of aryl methyl sites for hydroxylation is 2. The average molecular weight is 269 g/mol. The van der Waals surface area contributed by atoms with Gasteiger partial charge in [0.25, 0.3) is 0 Å². The van der Waals surface area contributed by atoms with Crippen LogP contribution < -0.4 is 0 Å². The third kappa shape index (κ3) is 3.26. The van der Waals surface area contributed by atoms with Crippen molar-refractivity contribution in [1.82, 2.24) is 0 Å². The van der Waals surface area contributed by atoms with Crippen LogP contribution in [0.25, 0.3) is 11.1 Å². The van der Waals surface area contributed by atoms with Gasteiger partial charge in [-0.25, -0.2) is 11.1 Å². The van der Waals surface area contributed by atoms with Crippen molar-refractivity contribution in [3.05, 3.63) is 59.7 Å². The van der Waals surface area contributed by atoms with Gasteiger partial charge >= 0.3 is 0 Å². The van der Waals surface area contributed by atoms with Gasteiger partial charge in [0.2, 0.25) is 0 Å². The van der Waals surface area contributed by atoms with Gasteiger partial charge in [0.05, 0.1) is 0 Å². The summed E-state index contributed by atoms with van der Waals surface area (Å²) < 4.78 is 0. The van der Waals surface area contributed by atoms with Crippen molar-refractivity contribution in [3.8, 4) is 11.1 Å². The van der Waals surface area contributed by atoms with Gasteiger partial charge in [-0.1, -0.05) is 13.8 Å². The fourth-order valence-corrected chi connectivity index (χ4v) is 1.34. The van der Waals surface area contributed by atoms with Crippen molar-refractivity contribution in [2.75, 3.05) is 0 Å². The van der Waals surface area contributed by atoms with Gasteiger partial charge in [-0.05, 0) is 0 Å². The molecule has 0 saturated heterocycles. The molecule has 0 nitrogen and oxygen atoms in total. The van der Waals surface area contributed by atoms with Crippen LogP contribution >= 0.6 is 0 Å². The van der Waals surface area contributed by atoms with Gasteiger partial charge in [0, 0.05) is 32.7 Å². The molecule has 2 rings (SSSR count). The third-order valence-corrected chi connectivity index (χ3v) is 2.23. The maximum atomic E-state index is 3.24. The Morgan fingerprint density at radius 2 is 1.13 bits per heavy atom. The molecule has 0 saturated carbocycles. The summed E-state index contributed by atoms with van der Waals surface area (Å²) in [5, 5.41) is 0. The van der Waals surface area contributed by atoms with E-state index in [1.54, 1.807) is 0 Å². The number of benzene rings is 2. The largest absolute Gasteiger partial charge is 0.226 e. The van der Waals surface area contributed by atoms with Crippen LogP contribution in [-0.4, -0.2) is 0 Å². The topological polar surface area (TPSA) is 0 Å². The predicted molar refractivity (Wildman–Crippen MR) is 59.0 cm³/mol. The Bertz CT molecular complexity index is 369. The monoisotopic (exact) mass is 269 g/mol. The Balaban J connectivity index is 0.00000112. The van der Waals surface area contributed by atoms with Crippen LogP contribution in [-0.2, 0) is 32.7 Å². The molecular weight excluding hydrogens is 257 g/mol. The second-order valence-electron chi connectivity index (χ2n) is 3.56. The molecule has 0 aliphatic heterocycles. The first kappa shape index (κ1) is 12.6. The van der Waals surface area contributed by atoms with Crippen LogP contribution in [0.3, 0.4) is 0 Å². The molecule has 15 heavy (non-hydrogen) atoms. The summed E-state index contributed by atoms with van der Waals surface area (Å²) in [5.74, 6) is 0. The average Bonchev–Trinajstić information content (AvgIpc) is 2.21. The standard InChI is InChI=1S/C14H12.Y/c1-11-3-7-13(8-4-11)14-9-5-12(2)6-10-14;/h3-7,9H,1-2H3;/q-2;. The summed E-state index contributed by atoms with van der Waals surface area (Å²) in [4.78, 5) is 0. The molecule has 0 aliphatic rings. The van der Waals surface area contributed by atoms with E-state index in [1.807, 2.05) is 12.1 Å². The Hall–Kier alpha value is -0.456. The molecular formula is C14H12Y-2. The molecule has 0 aliphatic carbocycles. The second-order valence-corrected chi connectivity index (χ2v) is 3.56. The first-order valence-electron chi connectivity index (χ1n) is 4.73. The smallest absolute Gasteiger partial charge is 0 e. The van der Waals surface area contributed by atoms with E-state index in [4.69, 9.17) is 0 Å². The van der Waals surface area contributed by atoms with Crippen LogP contribution in [0.5, 0.6) is 0 Å². The van der Waals surface area contributed by atoms with E-state index in [0.717, 1.165) is 11.1 Å². The van der Waals surface area contributed by atoms with Crippen LogP contribution in [0.4, 0.5) is 0 Å². The Labute approximate surface area is 117 Å². The maximum absolute atomic E-state index is 3.24. The summed E-state index contributed by atoms with van der Waals surface area (Å²) >= 11 is 0. The van der Waals surface area contributed by atoms with Crippen LogP contribution in [0.1, 0.15) is 11.1 Å². The minimum atomic E-state index is 0. The molecule has 0 amide bonds. The summed E-state index contributed by atoms with van der Waals surface area (Å²) in [6.45, 7) is 4.14. The number of rotatable bonds is 1. The van der Waals surface area contributed by atoms with Crippen LogP contribution in [0.2, 0.25) is 0 Å². The van der Waals surface area contributed by atoms with E-state index < -0.39 is 0 Å². The molecule has 1 radical (unpaired) electrons. The van der Waals surface area contributed by atoms with Gasteiger partial charge in [0.15, 0.2) is 0 Å². The summed E-state index contributed by atoms with van der Waals surface area (Å²) in [6.07, 6.45) is 0. The SMILES string of the molecule is Cc1c[c-]c(-c2[c-]cc(C)cc2)cc1.[Y]. The summed E-state index contributed by atoms with van der Waals surface area (Å²) in [5.41, 5.74) is 4.69. The molecule has 0 unspecified atom stereocenters. The van der Waals surface area contributed by atoms with Gasteiger partial charge in [-0.15, -0.1) is 11.1 Å². The van der Waals surface area contributed by atoms with Crippen molar-refractivity contribution in [2.45, 2.75) is 13.8 Å². The minimum Gasteiger partial charge on any atom is -0.226 e. The predicted octanol–water partition coefficient (Wildman–Crippen LogP) is 3.57. The van der Waals surface area contributed by atoms with Crippen LogP contribution in [0, 0.1) is 26.0 Å². The number of hydrogen-bond donors (Lipinski definition) is 0. The molecule has 0 heterocycles. The fourth-order valence-electron chi connectivity index (χ4n) is 1.34. The summed E-state index contributed by atoms with van der Waals surface area (Å²) in [7, 11) is 0. The molecule has 73 valence electrons. The Kier molecular flexibility index (Phi) is 4.69. The van der Waals surface area contributed by atoms with Gasteiger partial charge < -0.3 is 0 Å². The molecule has 0 atom stereocenters. The molecule has 1 heteroatoms. The molecule has 0 N–H and O–H groups in total. The Morgan fingerprint density at radius 3 is 1.40 bits per heavy atom. The molecule has 0 aromatic heterocycles. The molecule has 2 aromatic rings. The summed E-state index contributed by atoms with van der Waals surface area (Å²) in [6, 6.07) is 18.8. The zero-order valence-corrected chi connectivity index (χ0v) is 11.9. The zero-order chi connectivity index (χ0) is 9.97. The van der Waals surface area contributed by atoms with Crippen molar-refractivity contribution >= 4 is 0 Å². The first-order valence-corrected chi connectivity index (χ1v) is 4.73. The minimum absolute atomic E-state index is 0. The number of hydrogen-bond acceptors (Lipinski definition) is 0. The Morgan fingerprint density at radius 1 is 0.733 bits per heavy atom. The quantitative estimate of drug-likeness (QED) is 0.694. The van der Waals surface area contributed by atoms with E-state index in [2.05, 4.69) is 50.2 Å². The molecule has 0 fully saturated rings. The van der Waals surface area contributed by atoms with Crippen molar-refractivity contribution in [3.63, 3.8) is 0 Å². The molecule has 2 aromatic carbocycles. The molecule has 0 spiro atoms. The normalized spacial score (nSPS) is 9.47. The van der Waals surface area contributed by atoms with Crippen molar-refractivity contribution in [2.24, 2.45) is 0 Å². The first-order chi connectivity index (χ1) is 6.75. The third-order valence-electron chi connectivity index (χ3n) is 2.23. The fraction of sp³-hybridized carbons (Fsp3) is 0.143. The van der Waals surface area contributed by atoms with E-state index in [-0.39, 0.29) is 32.7 Å².